The second-order valence-electron chi connectivity index (χ2n) is 4.37. The summed E-state index contributed by atoms with van der Waals surface area (Å²) in [5, 5.41) is 3.55. The molecule has 0 spiro atoms. The quantitative estimate of drug-likeness (QED) is 0.732. The Kier molecular flexibility index (Phi) is 3.90. The van der Waals surface area contributed by atoms with Gasteiger partial charge in [-0.15, -0.1) is 11.3 Å². The predicted octanol–water partition coefficient (Wildman–Crippen LogP) is 4.73. The van der Waals surface area contributed by atoms with Crippen molar-refractivity contribution in [1.29, 1.82) is 0 Å². The number of furan rings is 1. The number of anilines is 1. The lowest BCUT2D eigenvalue weighted by molar-refractivity contribution is 0.102. The molecule has 0 aliphatic heterocycles. The molecule has 3 aromatic rings. The van der Waals surface area contributed by atoms with Crippen LogP contribution in [0.4, 0.5) is 5.69 Å². The summed E-state index contributed by atoms with van der Waals surface area (Å²) >= 11 is 4.81. The topological polar surface area (TPSA) is 55.1 Å². The van der Waals surface area contributed by atoms with E-state index in [4.69, 9.17) is 4.42 Å². The Labute approximate surface area is 134 Å². The molecule has 0 radical (unpaired) electrons. The molecule has 4 nitrogen and oxygen atoms in total. The molecule has 106 valence electrons. The normalized spacial score (nSPS) is 10.6. The van der Waals surface area contributed by atoms with Gasteiger partial charge in [-0.1, -0.05) is 22.0 Å². The number of benzene rings is 1. The van der Waals surface area contributed by atoms with E-state index in [0.717, 1.165) is 15.0 Å². The number of rotatable bonds is 3. The first-order valence-electron chi connectivity index (χ1n) is 6.22. The molecular weight excluding hydrogens is 352 g/mol. The molecule has 1 amide bonds. The number of carbonyl (C=O) groups is 1. The van der Waals surface area contributed by atoms with Crippen molar-refractivity contribution in [2.45, 2.75) is 6.92 Å². The summed E-state index contributed by atoms with van der Waals surface area (Å²) in [7, 11) is 0. The molecule has 0 fully saturated rings. The molecule has 0 atom stereocenters. The highest BCUT2D eigenvalue weighted by atomic mass is 79.9. The van der Waals surface area contributed by atoms with Gasteiger partial charge in [-0.25, -0.2) is 4.98 Å². The third-order valence-electron chi connectivity index (χ3n) is 2.83. The average Bonchev–Trinajstić information content (AvgIpc) is 3.07. The van der Waals surface area contributed by atoms with E-state index in [2.05, 4.69) is 26.2 Å². The van der Waals surface area contributed by atoms with Crippen molar-refractivity contribution in [2.75, 3.05) is 5.32 Å². The van der Waals surface area contributed by atoms with Crippen LogP contribution in [-0.4, -0.2) is 10.9 Å². The first-order valence-corrected chi connectivity index (χ1v) is 7.82. The van der Waals surface area contributed by atoms with Gasteiger partial charge in [-0.3, -0.25) is 4.79 Å². The van der Waals surface area contributed by atoms with Gasteiger partial charge in [-0.05, 0) is 37.3 Å². The summed E-state index contributed by atoms with van der Waals surface area (Å²) in [5.41, 5.74) is 1.15. The summed E-state index contributed by atoms with van der Waals surface area (Å²) < 4.78 is 6.22. The number of carbonyl (C=O) groups excluding carboxylic acids is 1. The Morgan fingerprint density at radius 3 is 2.90 bits per heavy atom. The molecule has 0 bridgehead atoms. The molecule has 0 aliphatic rings. The van der Waals surface area contributed by atoms with Crippen LogP contribution < -0.4 is 5.32 Å². The molecule has 1 aromatic carbocycles. The molecule has 21 heavy (non-hydrogen) atoms. The highest BCUT2D eigenvalue weighted by Gasteiger charge is 2.17. The zero-order valence-electron chi connectivity index (χ0n) is 11.1. The predicted molar refractivity (Wildman–Crippen MR) is 86.6 cm³/mol. The Morgan fingerprint density at radius 1 is 1.33 bits per heavy atom. The standard InChI is InChI=1S/C15H11BrN2O2S/c1-9-13(18-15(21-9)12-6-3-7-20-12)14(19)17-11-5-2-4-10(16)8-11/h2-8H,1H3,(H,17,19). The fraction of sp³-hybridized carbons (Fsp3) is 0.0667. The van der Waals surface area contributed by atoms with Gasteiger partial charge in [0.25, 0.3) is 5.91 Å². The summed E-state index contributed by atoms with van der Waals surface area (Å²) in [4.78, 5) is 17.5. The van der Waals surface area contributed by atoms with Crippen molar-refractivity contribution in [1.82, 2.24) is 4.98 Å². The third-order valence-corrected chi connectivity index (χ3v) is 4.30. The second-order valence-corrected chi connectivity index (χ2v) is 6.48. The summed E-state index contributed by atoms with van der Waals surface area (Å²) in [6, 6.07) is 11.1. The van der Waals surface area contributed by atoms with E-state index in [1.165, 1.54) is 11.3 Å². The van der Waals surface area contributed by atoms with Gasteiger partial charge in [0.05, 0.1) is 6.26 Å². The number of aromatic nitrogens is 1. The number of amides is 1. The van der Waals surface area contributed by atoms with Crippen LogP contribution >= 0.6 is 27.3 Å². The lowest BCUT2D eigenvalue weighted by Crippen LogP contribution is -2.13. The zero-order valence-corrected chi connectivity index (χ0v) is 13.5. The van der Waals surface area contributed by atoms with Crippen molar-refractivity contribution < 1.29 is 9.21 Å². The monoisotopic (exact) mass is 362 g/mol. The van der Waals surface area contributed by atoms with E-state index in [9.17, 15) is 4.79 Å². The van der Waals surface area contributed by atoms with Gasteiger partial charge in [0.15, 0.2) is 10.8 Å². The zero-order chi connectivity index (χ0) is 14.8. The number of halogens is 1. The maximum Gasteiger partial charge on any atom is 0.275 e. The minimum atomic E-state index is -0.223. The number of nitrogens with one attached hydrogen (secondary N) is 1. The van der Waals surface area contributed by atoms with Crippen LogP contribution in [0.25, 0.3) is 10.8 Å². The van der Waals surface area contributed by atoms with Crippen molar-refractivity contribution >= 4 is 38.9 Å². The largest absolute Gasteiger partial charge is 0.462 e. The van der Waals surface area contributed by atoms with Gasteiger partial charge in [-0.2, -0.15) is 0 Å². The van der Waals surface area contributed by atoms with Crippen molar-refractivity contribution in [2.24, 2.45) is 0 Å². The van der Waals surface area contributed by atoms with Crippen molar-refractivity contribution in [3.63, 3.8) is 0 Å². The highest BCUT2D eigenvalue weighted by Crippen LogP contribution is 2.28. The van der Waals surface area contributed by atoms with E-state index in [-0.39, 0.29) is 5.91 Å². The fourth-order valence-corrected chi connectivity index (χ4v) is 3.15. The Hall–Kier alpha value is -1.92. The Balaban J connectivity index is 1.85. The number of hydrogen-bond acceptors (Lipinski definition) is 4. The number of aryl methyl sites for hydroxylation is 1. The third kappa shape index (κ3) is 3.06. The molecule has 0 aliphatic carbocycles. The van der Waals surface area contributed by atoms with E-state index < -0.39 is 0 Å². The molecular formula is C15H11BrN2O2S. The average molecular weight is 363 g/mol. The summed E-state index contributed by atoms with van der Waals surface area (Å²) in [6.07, 6.45) is 1.59. The molecule has 0 saturated heterocycles. The molecule has 3 rings (SSSR count). The molecule has 6 heteroatoms. The fourth-order valence-electron chi connectivity index (χ4n) is 1.87. The van der Waals surface area contributed by atoms with Gasteiger partial charge >= 0.3 is 0 Å². The highest BCUT2D eigenvalue weighted by molar-refractivity contribution is 9.10. The smallest absolute Gasteiger partial charge is 0.275 e. The van der Waals surface area contributed by atoms with Gasteiger partial charge in [0.1, 0.15) is 5.69 Å². The van der Waals surface area contributed by atoms with Crippen LogP contribution in [0.3, 0.4) is 0 Å². The maximum absolute atomic E-state index is 12.3. The van der Waals surface area contributed by atoms with Gasteiger partial charge < -0.3 is 9.73 Å². The maximum atomic E-state index is 12.3. The lowest BCUT2D eigenvalue weighted by Gasteiger charge is -2.04. The Morgan fingerprint density at radius 2 is 2.19 bits per heavy atom. The minimum Gasteiger partial charge on any atom is -0.462 e. The van der Waals surface area contributed by atoms with Crippen molar-refractivity contribution in [3.05, 3.63) is 57.7 Å². The van der Waals surface area contributed by atoms with Crippen LogP contribution in [0.1, 0.15) is 15.4 Å². The van der Waals surface area contributed by atoms with Gasteiger partial charge in [0, 0.05) is 15.0 Å². The molecule has 0 saturated carbocycles. The van der Waals surface area contributed by atoms with Crippen molar-refractivity contribution in [3.8, 4) is 10.8 Å². The number of thiazole rings is 1. The van der Waals surface area contributed by atoms with E-state index >= 15 is 0 Å². The van der Waals surface area contributed by atoms with Gasteiger partial charge in [0.2, 0.25) is 0 Å². The first-order chi connectivity index (χ1) is 10.1. The first kappa shape index (κ1) is 14.0. The minimum absolute atomic E-state index is 0.223. The number of nitrogens with zero attached hydrogens (tertiary/aromatic N) is 1. The molecule has 1 N–H and O–H groups in total. The van der Waals surface area contributed by atoms with Crippen LogP contribution in [-0.2, 0) is 0 Å². The van der Waals surface area contributed by atoms with Crippen LogP contribution in [0.5, 0.6) is 0 Å². The van der Waals surface area contributed by atoms with Crippen LogP contribution in [0.15, 0.2) is 51.6 Å². The van der Waals surface area contributed by atoms with E-state index in [0.29, 0.717) is 16.5 Å². The number of hydrogen-bond donors (Lipinski definition) is 1. The van der Waals surface area contributed by atoms with E-state index in [1.54, 1.807) is 12.3 Å². The molecule has 0 unspecified atom stereocenters. The molecule has 2 aromatic heterocycles. The second kappa shape index (κ2) is 5.83. The van der Waals surface area contributed by atoms with Crippen LogP contribution in [0.2, 0.25) is 0 Å². The van der Waals surface area contributed by atoms with E-state index in [1.807, 2.05) is 37.3 Å². The SMILES string of the molecule is Cc1sc(-c2ccco2)nc1C(=O)Nc1cccc(Br)c1. The molecule has 2 heterocycles. The lowest BCUT2D eigenvalue weighted by atomic mass is 10.3. The Bertz CT molecular complexity index is 781. The summed E-state index contributed by atoms with van der Waals surface area (Å²) in [6.45, 7) is 1.87. The summed E-state index contributed by atoms with van der Waals surface area (Å²) in [5.74, 6) is 0.448. The van der Waals surface area contributed by atoms with Crippen LogP contribution in [0, 0.1) is 6.92 Å².